The lowest BCUT2D eigenvalue weighted by Gasteiger charge is -2.14. The Balaban J connectivity index is 3.31. The van der Waals surface area contributed by atoms with Crippen molar-refractivity contribution in [1.82, 2.24) is 0 Å². The standard InChI is InChI=1S/C11H16O3/c1-3-7-5-6-8(4-2)10(12)9(7)11(13)14/h5-6,11-14H,3-4H2,1-2H3. The minimum Gasteiger partial charge on any atom is -0.507 e. The summed E-state index contributed by atoms with van der Waals surface area (Å²) in [4.78, 5) is 0. The highest BCUT2D eigenvalue weighted by atomic mass is 16.5. The second-order valence-electron chi connectivity index (χ2n) is 3.23. The van der Waals surface area contributed by atoms with E-state index in [4.69, 9.17) is 10.2 Å². The van der Waals surface area contributed by atoms with E-state index in [2.05, 4.69) is 0 Å². The quantitative estimate of drug-likeness (QED) is 0.642. The minimum absolute atomic E-state index is 0.0156. The summed E-state index contributed by atoms with van der Waals surface area (Å²) in [6, 6.07) is 3.65. The van der Waals surface area contributed by atoms with Gasteiger partial charge in [-0.2, -0.15) is 0 Å². The zero-order valence-electron chi connectivity index (χ0n) is 8.49. The smallest absolute Gasteiger partial charge is 0.182 e. The molecule has 0 spiro atoms. The molecule has 0 unspecified atom stereocenters. The van der Waals surface area contributed by atoms with Crippen molar-refractivity contribution in [2.75, 3.05) is 0 Å². The number of aromatic hydroxyl groups is 1. The van der Waals surface area contributed by atoms with Gasteiger partial charge in [-0.25, -0.2) is 0 Å². The lowest BCUT2D eigenvalue weighted by molar-refractivity contribution is -0.0445. The molecular weight excluding hydrogens is 180 g/mol. The van der Waals surface area contributed by atoms with Crippen LogP contribution >= 0.6 is 0 Å². The minimum atomic E-state index is -1.60. The van der Waals surface area contributed by atoms with Gasteiger partial charge < -0.3 is 15.3 Å². The predicted octanol–water partition coefficient (Wildman–Crippen LogP) is 1.50. The van der Waals surface area contributed by atoms with E-state index in [-0.39, 0.29) is 11.3 Å². The summed E-state index contributed by atoms with van der Waals surface area (Å²) in [5, 5.41) is 28.0. The largest absolute Gasteiger partial charge is 0.507 e. The molecule has 0 amide bonds. The summed E-state index contributed by atoms with van der Waals surface area (Å²) in [6.07, 6.45) is -0.253. The molecule has 0 saturated heterocycles. The van der Waals surface area contributed by atoms with Crippen LogP contribution in [0.2, 0.25) is 0 Å². The molecule has 78 valence electrons. The van der Waals surface area contributed by atoms with Crippen molar-refractivity contribution < 1.29 is 15.3 Å². The van der Waals surface area contributed by atoms with Gasteiger partial charge >= 0.3 is 0 Å². The molecule has 0 aromatic heterocycles. The van der Waals surface area contributed by atoms with Gasteiger partial charge in [-0.15, -0.1) is 0 Å². The Kier molecular flexibility index (Phi) is 3.49. The van der Waals surface area contributed by atoms with Gasteiger partial charge in [0.05, 0.1) is 5.56 Å². The van der Waals surface area contributed by atoms with E-state index in [9.17, 15) is 5.11 Å². The SMILES string of the molecule is CCc1ccc(CC)c(C(O)O)c1O. The number of hydrogen-bond acceptors (Lipinski definition) is 3. The van der Waals surface area contributed by atoms with Crippen LogP contribution < -0.4 is 0 Å². The van der Waals surface area contributed by atoms with Crippen molar-refractivity contribution in [1.29, 1.82) is 0 Å². The monoisotopic (exact) mass is 196 g/mol. The molecule has 0 bridgehead atoms. The van der Waals surface area contributed by atoms with Crippen LogP contribution in [-0.2, 0) is 12.8 Å². The molecule has 0 aliphatic carbocycles. The van der Waals surface area contributed by atoms with Gasteiger partial charge in [0.25, 0.3) is 0 Å². The third-order valence-electron chi connectivity index (χ3n) is 2.41. The molecule has 0 heterocycles. The molecular formula is C11H16O3. The van der Waals surface area contributed by atoms with Crippen LogP contribution in [0.3, 0.4) is 0 Å². The Morgan fingerprint density at radius 2 is 1.57 bits per heavy atom. The molecule has 0 aliphatic rings. The van der Waals surface area contributed by atoms with Gasteiger partial charge in [-0.3, -0.25) is 0 Å². The Bertz CT molecular complexity index is 319. The third kappa shape index (κ3) is 1.89. The van der Waals surface area contributed by atoms with E-state index in [1.807, 2.05) is 26.0 Å². The Hall–Kier alpha value is -1.06. The summed E-state index contributed by atoms with van der Waals surface area (Å²) in [7, 11) is 0. The highest BCUT2D eigenvalue weighted by Crippen LogP contribution is 2.31. The van der Waals surface area contributed by atoms with E-state index < -0.39 is 6.29 Å². The van der Waals surface area contributed by atoms with Crippen LogP contribution in [0, 0.1) is 0 Å². The zero-order valence-corrected chi connectivity index (χ0v) is 8.49. The van der Waals surface area contributed by atoms with E-state index in [0.717, 1.165) is 11.1 Å². The van der Waals surface area contributed by atoms with Crippen LogP contribution in [0.4, 0.5) is 0 Å². The molecule has 0 radical (unpaired) electrons. The molecule has 0 aliphatic heterocycles. The number of aliphatic hydroxyl groups excluding tert-OH is 1. The number of phenolic OH excluding ortho intramolecular Hbond substituents is 1. The number of benzene rings is 1. The van der Waals surface area contributed by atoms with Gasteiger partial charge in [0, 0.05) is 0 Å². The van der Waals surface area contributed by atoms with Crippen molar-refractivity contribution in [3.63, 3.8) is 0 Å². The summed E-state index contributed by atoms with van der Waals surface area (Å²) < 4.78 is 0. The van der Waals surface area contributed by atoms with Gasteiger partial charge in [0.2, 0.25) is 0 Å². The molecule has 3 N–H and O–H groups in total. The number of hydrogen-bond donors (Lipinski definition) is 3. The molecule has 1 aromatic carbocycles. The maximum absolute atomic E-state index is 9.75. The maximum atomic E-state index is 9.75. The molecule has 0 fully saturated rings. The van der Waals surface area contributed by atoms with Crippen molar-refractivity contribution >= 4 is 0 Å². The topological polar surface area (TPSA) is 60.7 Å². The summed E-state index contributed by atoms with van der Waals surface area (Å²) in [6.45, 7) is 3.82. The van der Waals surface area contributed by atoms with Gasteiger partial charge in [0.1, 0.15) is 5.75 Å². The van der Waals surface area contributed by atoms with Crippen LogP contribution in [-0.4, -0.2) is 15.3 Å². The van der Waals surface area contributed by atoms with Crippen LogP contribution in [0.1, 0.15) is 36.8 Å². The molecule has 1 aromatic rings. The van der Waals surface area contributed by atoms with E-state index in [1.165, 1.54) is 0 Å². The molecule has 14 heavy (non-hydrogen) atoms. The summed E-state index contributed by atoms with van der Waals surface area (Å²) >= 11 is 0. The van der Waals surface area contributed by atoms with Crippen molar-refractivity contribution in [3.05, 3.63) is 28.8 Å². The predicted molar refractivity (Wildman–Crippen MR) is 54.0 cm³/mol. The molecule has 1 rings (SSSR count). The van der Waals surface area contributed by atoms with E-state index >= 15 is 0 Å². The third-order valence-corrected chi connectivity index (χ3v) is 2.41. The lowest BCUT2D eigenvalue weighted by atomic mass is 9.99. The Labute approximate surface area is 83.6 Å². The van der Waals surface area contributed by atoms with E-state index in [1.54, 1.807) is 0 Å². The van der Waals surface area contributed by atoms with Crippen LogP contribution in [0.15, 0.2) is 12.1 Å². The lowest BCUT2D eigenvalue weighted by Crippen LogP contribution is -2.02. The number of phenols is 1. The first kappa shape index (κ1) is 11.0. The maximum Gasteiger partial charge on any atom is 0.182 e. The molecule has 3 nitrogen and oxygen atoms in total. The first-order valence-corrected chi connectivity index (χ1v) is 4.81. The van der Waals surface area contributed by atoms with Crippen LogP contribution in [0.25, 0.3) is 0 Å². The fourth-order valence-corrected chi connectivity index (χ4v) is 1.58. The number of aliphatic hydroxyl groups is 2. The molecule has 0 atom stereocenters. The second-order valence-corrected chi connectivity index (χ2v) is 3.23. The fraction of sp³-hybridized carbons (Fsp3) is 0.455. The van der Waals surface area contributed by atoms with Gasteiger partial charge in [0.15, 0.2) is 6.29 Å². The highest BCUT2D eigenvalue weighted by Gasteiger charge is 2.15. The average Bonchev–Trinajstić information content (AvgIpc) is 2.16. The highest BCUT2D eigenvalue weighted by molar-refractivity contribution is 5.46. The first-order chi connectivity index (χ1) is 6.61. The summed E-state index contributed by atoms with van der Waals surface area (Å²) in [5.74, 6) is 0.0156. The Morgan fingerprint density at radius 1 is 1.07 bits per heavy atom. The zero-order chi connectivity index (χ0) is 10.7. The summed E-state index contributed by atoms with van der Waals surface area (Å²) in [5.41, 5.74) is 1.76. The second kappa shape index (κ2) is 4.44. The Morgan fingerprint density at radius 3 is 2.00 bits per heavy atom. The molecule has 0 saturated carbocycles. The van der Waals surface area contributed by atoms with Gasteiger partial charge in [-0.05, 0) is 24.0 Å². The van der Waals surface area contributed by atoms with Crippen molar-refractivity contribution in [2.45, 2.75) is 33.0 Å². The van der Waals surface area contributed by atoms with Gasteiger partial charge in [-0.1, -0.05) is 26.0 Å². The normalized spacial score (nSPS) is 10.9. The number of aryl methyl sites for hydroxylation is 2. The van der Waals surface area contributed by atoms with Crippen molar-refractivity contribution in [2.24, 2.45) is 0 Å². The average molecular weight is 196 g/mol. The number of rotatable bonds is 3. The van der Waals surface area contributed by atoms with Crippen molar-refractivity contribution in [3.8, 4) is 5.75 Å². The van der Waals surface area contributed by atoms with Crippen LogP contribution in [0.5, 0.6) is 5.75 Å². The fourth-order valence-electron chi connectivity index (χ4n) is 1.58. The van der Waals surface area contributed by atoms with E-state index in [0.29, 0.717) is 12.8 Å². The molecule has 3 heteroatoms. The first-order valence-electron chi connectivity index (χ1n) is 4.81.